The van der Waals surface area contributed by atoms with Crippen molar-refractivity contribution in [2.75, 3.05) is 6.54 Å². The highest BCUT2D eigenvalue weighted by Crippen LogP contribution is 2.13. The van der Waals surface area contributed by atoms with Gasteiger partial charge in [0.1, 0.15) is 6.04 Å². The number of aromatic nitrogens is 2. The van der Waals surface area contributed by atoms with Crippen molar-refractivity contribution in [3.8, 4) is 11.3 Å². The molecule has 3 rings (SSSR count). The summed E-state index contributed by atoms with van der Waals surface area (Å²) in [6.45, 7) is 0.457. The lowest BCUT2D eigenvalue weighted by atomic mass is 10.1. The van der Waals surface area contributed by atoms with E-state index in [0.29, 0.717) is 5.69 Å². The molecule has 4 amide bonds. The third-order valence-corrected chi connectivity index (χ3v) is 4.10. The standard InChI is InChI=1S/C18H19N5O4/c24-15(8-6-14-17(26)21-18(27)20-14)19-10-11-23-16(25)9-7-13(22-23)12-4-2-1-3-5-12/h1-5,7,9,14H,6,8,10-11H2,(H,19,24)(H2,20,21,26,27)/t14-/m1/s1. The summed E-state index contributed by atoms with van der Waals surface area (Å²) >= 11 is 0. The molecule has 0 unspecified atom stereocenters. The van der Waals surface area contributed by atoms with Crippen LogP contribution in [0.4, 0.5) is 4.79 Å². The van der Waals surface area contributed by atoms with Crippen molar-refractivity contribution in [3.63, 3.8) is 0 Å². The predicted molar refractivity (Wildman–Crippen MR) is 96.6 cm³/mol. The van der Waals surface area contributed by atoms with Crippen molar-refractivity contribution in [1.82, 2.24) is 25.7 Å². The Morgan fingerprint density at radius 2 is 1.89 bits per heavy atom. The summed E-state index contributed by atoms with van der Waals surface area (Å²) < 4.78 is 1.30. The average Bonchev–Trinajstić information content (AvgIpc) is 2.99. The summed E-state index contributed by atoms with van der Waals surface area (Å²) in [4.78, 5) is 46.3. The summed E-state index contributed by atoms with van der Waals surface area (Å²) in [5, 5.41) is 11.6. The topological polar surface area (TPSA) is 122 Å². The van der Waals surface area contributed by atoms with Gasteiger partial charge in [0.25, 0.3) is 11.5 Å². The zero-order valence-corrected chi connectivity index (χ0v) is 14.5. The van der Waals surface area contributed by atoms with Gasteiger partial charge in [0.15, 0.2) is 0 Å². The highest BCUT2D eigenvalue weighted by atomic mass is 16.2. The van der Waals surface area contributed by atoms with Crippen molar-refractivity contribution in [1.29, 1.82) is 0 Å². The fourth-order valence-electron chi connectivity index (χ4n) is 2.70. The number of nitrogens with zero attached hydrogens (tertiary/aromatic N) is 2. The van der Waals surface area contributed by atoms with E-state index in [1.807, 2.05) is 30.3 Å². The first kappa shape index (κ1) is 18.3. The lowest BCUT2D eigenvalue weighted by Crippen LogP contribution is -2.34. The lowest BCUT2D eigenvalue weighted by Gasteiger charge is -2.09. The molecule has 1 aliphatic rings. The maximum atomic E-state index is 11.9. The van der Waals surface area contributed by atoms with Crippen LogP contribution in [-0.4, -0.2) is 40.2 Å². The van der Waals surface area contributed by atoms with Gasteiger partial charge in [-0.2, -0.15) is 5.10 Å². The Labute approximate surface area is 154 Å². The molecule has 1 aliphatic heterocycles. The van der Waals surface area contributed by atoms with Crippen molar-refractivity contribution >= 4 is 17.8 Å². The number of rotatable bonds is 7. The second-order valence-corrected chi connectivity index (χ2v) is 6.05. The number of hydrogen-bond acceptors (Lipinski definition) is 5. The van der Waals surface area contributed by atoms with Gasteiger partial charge in [0, 0.05) is 24.6 Å². The van der Waals surface area contributed by atoms with Gasteiger partial charge in [-0.15, -0.1) is 0 Å². The van der Waals surface area contributed by atoms with Gasteiger partial charge in [-0.3, -0.25) is 19.7 Å². The Hall–Kier alpha value is -3.49. The highest BCUT2D eigenvalue weighted by Gasteiger charge is 2.29. The Morgan fingerprint density at radius 1 is 1.11 bits per heavy atom. The maximum Gasteiger partial charge on any atom is 0.322 e. The zero-order valence-electron chi connectivity index (χ0n) is 14.5. The SMILES string of the molecule is O=C(CC[C@H]1NC(=O)NC1=O)NCCn1nc(-c2ccccc2)ccc1=O. The van der Waals surface area contributed by atoms with E-state index in [9.17, 15) is 19.2 Å². The van der Waals surface area contributed by atoms with Gasteiger partial charge < -0.3 is 10.6 Å². The third kappa shape index (κ3) is 4.78. The Balaban J connectivity index is 1.50. The molecule has 0 radical (unpaired) electrons. The Kier molecular flexibility index (Phi) is 5.60. The van der Waals surface area contributed by atoms with Crippen LogP contribution in [0.2, 0.25) is 0 Å². The van der Waals surface area contributed by atoms with E-state index in [4.69, 9.17) is 0 Å². The van der Waals surface area contributed by atoms with Crippen molar-refractivity contribution < 1.29 is 14.4 Å². The molecule has 140 valence electrons. The van der Waals surface area contributed by atoms with E-state index in [0.717, 1.165) is 5.56 Å². The quantitative estimate of drug-likeness (QED) is 0.594. The number of imide groups is 1. The van der Waals surface area contributed by atoms with Crippen LogP contribution in [0, 0.1) is 0 Å². The molecular weight excluding hydrogens is 350 g/mol. The van der Waals surface area contributed by atoms with E-state index in [1.165, 1.54) is 10.7 Å². The fourth-order valence-corrected chi connectivity index (χ4v) is 2.70. The molecule has 1 aromatic heterocycles. The smallest absolute Gasteiger partial charge is 0.322 e. The van der Waals surface area contributed by atoms with Crippen LogP contribution in [0.3, 0.4) is 0 Å². The minimum Gasteiger partial charge on any atom is -0.354 e. The van der Waals surface area contributed by atoms with Gasteiger partial charge in [-0.05, 0) is 12.5 Å². The molecule has 0 bridgehead atoms. The molecule has 1 aromatic carbocycles. The van der Waals surface area contributed by atoms with Crippen molar-refractivity contribution in [2.45, 2.75) is 25.4 Å². The van der Waals surface area contributed by atoms with Crippen LogP contribution in [0.15, 0.2) is 47.3 Å². The van der Waals surface area contributed by atoms with Crippen molar-refractivity contribution in [2.24, 2.45) is 0 Å². The van der Waals surface area contributed by atoms with Gasteiger partial charge in [0.05, 0.1) is 12.2 Å². The van der Waals surface area contributed by atoms with Crippen molar-refractivity contribution in [3.05, 3.63) is 52.8 Å². The first-order valence-corrected chi connectivity index (χ1v) is 8.54. The number of carbonyl (C=O) groups is 3. The summed E-state index contributed by atoms with van der Waals surface area (Å²) in [6, 6.07) is 11.3. The van der Waals surface area contributed by atoms with E-state index < -0.39 is 18.0 Å². The van der Waals surface area contributed by atoms with Gasteiger partial charge in [-0.25, -0.2) is 9.48 Å². The summed E-state index contributed by atoms with van der Waals surface area (Å²) in [5.41, 5.74) is 1.31. The van der Waals surface area contributed by atoms with Gasteiger partial charge in [0.2, 0.25) is 5.91 Å². The molecule has 1 atom stereocenters. The first-order chi connectivity index (χ1) is 13.0. The highest BCUT2D eigenvalue weighted by molar-refractivity contribution is 6.04. The number of urea groups is 1. The Morgan fingerprint density at radius 3 is 2.59 bits per heavy atom. The molecule has 27 heavy (non-hydrogen) atoms. The van der Waals surface area contributed by atoms with Gasteiger partial charge >= 0.3 is 6.03 Å². The average molecular weight is 369 g/mol. The number of nitrogens with one attached hydrogen (secondary N) is 3. The summed E-state index contributed by atoms with van der Waals surface area (Å²) in [5.74, 6) is -0.697. The molecule has 1 fully saturated rings. The number of amides is 4. The maximum absolute atomic E-state index is 11.9. The monoisotopic (exact) mass is 369 g/mol. The predicted octanol–water partition coefficient (Wildman–Crippen LogP) is 0.0147. The largest absolute Gasteiger partial charge is 0.354 e. The molecular formula is C18H19N5O4. The molecule has 0 aliphatic carbocycles. The molecule has 9 heteroatoms. The molecule has 2 aromatic rings. The molecule has 2 heterocycles. The van der Waals surface area contributed by atoms with E-state index in [-0.39, 0.29) is 37.4 Å². The van der Waals surface area contributed by atoms with E-state index in [2.05, 4.69) is 21.0 Å². The van der Waals surface area contributed by atoms with Crippen LogP contribution < -0.4 is 21.5 Å². The molecule has 9 nitrogen and oxygen atoms in total. The van der Waals surface area contributed by atoms with Crippen LogP contribution in [0.25, 0.3) is 11.3 Å². The van der Waals surface area contributed by atoms with Gasteiger partial charge in [-0.1, -0.05) is 30.3 Å². The number of carbonyl (C=O) groups excluding carboxylic acids is 3. The fraction of sp³-hybridized carbons (Fsp3) is 0.278. The second kappa shape index (κ2) is 8.26. The first-order valence-electron chi connectivity index (χ1n) is 8.54. The minimum absolute atomic E-state index is 0.0880. The number of hydrogen-bond donors (Lipinski definition) is 3. The zero-order chi connectivity index (χ0) is 19.2. The summed E-state index contributed by atoms with van der Waals surface area (Å²) in [7, 11) is 0. The number of benzene rings is 1. The molecule has 3 N–H and O–H groups in total. The molecule has 1 saturated heterocycles. The second-order valence-electron chi connectivity index (χ2n) is 6.05. The van der Waals surface area contributed by atoms with Crippen LogP contribution in [0.5, 0.6) is 0 Å². The van der Waals surface area contributed by atoms with Crippen LogP contribution >= 0.6 is 0 Å². The lowest BCUT2D eigenvalue weighted by molar-refractivity contribution is -0.122. The molecule has 0 spiro atoms. The molecule has 0 saturated carbocycles. The Bertz CT molecular complexity index is 909. The van der Waals surface area contributed by atoms with Crippen LogP contribution in [-0.2, 0) is 16.1 Å². The third-order valence-electron chi connectivity index (χ3n) is 4.10. The van der Waals surface area contributed by atoms with E-state index in [1.54, 1.807) is 6.07 Å². The minimum atomic E-state index is -0.685. The van der Waals surface area contributed by atoms with E-state index >= 15 is 0 Å². The van der Waals surface area contributed by atoms with Crippen LogP contribution in [0.1, 0.15) is 12.8 Å². The summed E-state index contributed by atoms with van der Waals surface area (Å²) in [6.07, 6.45) is 0.301. The normalized spacial score (nSPS) is 15.9.